The van der Waals surface area contributed by atoms with Crippen LogP contribution in [0.25, 0.3) is 0 Å². The Bertz CT molecular complexity index is 811. The minimum Gasteiger partial charge on any atom is -0.387 e. The van der Waals surface area contributed by atoms with E-state index in [4.69, 9.17) is 11.6 Å². The molecule has 0 spiro atoms. The number of halogens is 1. The zero-order chi connectivity index (χ0) is 16.1. The van der Waals surface area contributed by atoms with E-state index in [-0.39, 0.29) is 11.8 Å². The molecule has 0 radical (unpaired) electrons. The molecule has 6 heteroatoms. The van der Waals surface area contributed by atoms with Gasteiger partial charge < -0.3 is 5.11 Å². The van der Waals surface area contributed by atoms with Crippen molar-refractivity contribution >= 4 is 40.9 Å². The van der Waals surface area contributed by atoms with Crippen LogP contribution in [0, 0.1) is 5.92 Å². The van der Waals surface area contributed by atoms with Crippen molar-refractivity contribution in [3.05, 3.63) is 59.1 Å². The molecule has 0 aliphatic carbocycles. The Labute approximate surface area is 142 Å². The Morgan fingerprint density at radius 3 is 2.52 bits per heavy atom. The molecule has 2 aromatic carbocycles. The van der Waals surface area contributed by atoms with E-state index >= 15 is 0 Å². The van der Waals surface area contributed by atoms with Crippen molar-refractivity contribution in [2.24, 2.45) is 5.92 Å². The van der Waals surface area contributed by atoms with Crippen molar-refractivity contribution in [3.63, 3.8) is 0 Å². The molecule has 0 unspecified atom stereocenters. The van der Waals surface area contributed by atoms with E-state index in [2.05, 4.69) is 0 Å². The molecule has 0 aromatic heterocycles. The fourth-order valence-corrected chi connectivity index (χ4v) is 4.65. The summed E-state index contributed by atoms with van der Waals surface area (Å²) in [7, 11) is 0. The quantitative estimate of drug-likeness (QED) is 0.807. The molecule has 0 saturated carbocycles. The molecule has 2 aliphatic heterocycles. The van der Waals surface area contributed by atoms with Crippen LogP contribution in [0.1, 0.15) is 11.7 Å². The SMILES string of the molecule is O=C1[C@H]2[C@H](Sc3ccc(Cl)cc3[C@@H]2O)C(=O)N1c1ccccc1. The molecule has 1 fully saturated rings. The molecular weight excluding hydrogens is 334 g/mol. The van der Waals surface area contributed by atoms with Gasteiger partial charge in [-0.05, 0) is 35.9 Å². The predicted molar refractivity (Wildman–Crippen MR) is 88.5 cm³/mol. The van der Waals surface area contributed by atoms with Crippen molar-refractivity contribution in [2.75, 3.05) is 4.90 Å². The number of hydrogen-bond acceptors (Lipinski definition) is 4. The van der Waals surface area contributed by atoms with Crippen LogP contribution in [-0.4, -0.2) is 22.2 Å². The number of carbonyl (C=O) groups excluding carboxylic acids is 2. The Morgan fingerprint density at radius 1 is 1.04 bits per heavy atom. The lowest BCUT2D eigenvalue weighted by atomic mass is 9.93. The summed E-state index contributed by atoms with van der Waals surface area (Å²) in [5, 5.41) is 10.5. The summed E-state index contributed by atoms with van der Waals surface area (Å²) in [5.41, 5.74) is 1.15. The third kappa shape index (κ3) is 2.19. The molecule has 23 heavy (non-hydrogen) atoms. The van der Waals surface area contributed by atoms with Crippen LogP contribution in [0.5, 0.6) is 0 Å². The first kappa shape index (κ1) is 14.8. The van der Waals surface area contributed by atoms with E-state index < -0.39 is 17.3 Å². The molecule has 2 aromatic rings. The summed E-state index contributed by atoms with van der Waals surface area (Å²) in [6.07, 6.45) is -1.03. The molecule has 4 rings (SSSR count). The number of imide groups is 1. The van der Waals surface area contributed by atoms with Gasteiger partial charge in [-0.2, -0.15) is 0 Å². The van der Waals surface area contributed by atoms with Gasteiger partial charge in [0.1, 0.15) is 5.25 Å². The fourth-order valence-electron chi connectivity index (χ4n) is 3.11. The molecule has 3 atom stereocenters. The Kier molecular flexibility index (Phi) is 3.44. The van der Waals surface area contributed by atoms with Crippen molar-refractivity contribution in [3.8, 4) is 0 Å². The van der Waals surface area contributed by atoms with E-state index in [9.17, 15) is 14.7 Å². The first-order chi connectivity index (χ1) is 11.1. The lowest BCUT2D eigenvalue weighted by Crippen LogP contribution is -2.32. The van der Waals surface area contributed by atoms with Gasteiger partial charge in [0, 0.05) is 9.92 Å². The summed E-state index contributed by atoms with van der Waals surface area (Å²) < 4.78 is 0. The van der Waals surface area contributed by atoms with Gasteiger partial charge in [-0.15, -0.1) is 11.8 Å². The minimum atomic E-state index is -1.03. The maximum atomic E-state index is 12.8. The van der Waals surface area contributed by atoms with Crippen molar-refractivity contribution in [1.82, 2.24) is 0 Å². The average molecular weight is 346 g/mol. The number of aliphatic hydroxyl groups excluding tert-OH is 1. The van der Waals surface area contributed by atoms with E-state index in [1.54, 1.807) is 42.5 Å². The molecule has 0 bridgehead atoms. The third-order valence-corrected chi connectivity index (χ3v) is 5.80. The largest absolute Gasteiger partial charge is 0.387 e. The van der Waals surface area contributed by atoms with Crippen LogP contribution in [0.15, 0.2) is 53.4 Å². The Balaban J connectivity index is 1.78. The maximum Gasteiger partial charge on any atom is 0.248 e. The number of nitrogens with zero attached hydrogens (tertiary/aromatic N) is 1. The van der Waals surface area contributed by atoms with E-state index in [1.807, 2.05) is 6.07 Å². The van der Waals surface area contributed by atoms with Crippen LogP contribution in [0.3, 0.4) is 0 Å². The van der Waals surface area contributed by atoms with Crippen molar-refractivity contribution in [2.45, 2.75) is 16.2 Å². The van der Waals surface area contributed by atoms with E-state index in [1.165, 1.54) is 16.7 Å². The number of anilines is 1. The molecule has 1 N–H and O–H groups in total. The normalized spacial score (nSPS) is 26.2. The Hall–Kier alpha value is -1.82. The third-order valence-electron chi connectivity index (χ3n) is 4.19. The van der Waals surface area contributed by atoms with Crippen molar-refractivity contribution < 1.29 is 14.7 Å². The summed E-state index contributed by atoms with van der Waals surface area (Å²) in [5.74, 6) is -1.42. The monoisotopic (exact) mass is 345 g/mol. The smallest absolute Gasteiger partial charge is 0.248 e. The van der Waals surface area contributed by atoms with Gasteiger partial charge in [0.2, 0.25) is 11.8 Å². The number of fused-ring (bicyclic) bond motifs is 2. The van der Waals surface area contributed by atoms with E-state index in [0.29, 0.717) is 16.3 Å². The lowest BCUT2D eigenvalue weighted by molar-refractivity contribution is -0.124. The number of thioether (sulfide) groups is 1. The van der Waals surface area contributed by atoms with Gasteiger partial charge in [0.15, 0.2) is 0 Å². The molecule has 2 aliphatic rings. The molecular formula is C17H12ClNO3S. The second-order valence-electron chi connectivity index (χ2n) is 5.54. The van der Waals surface area contributed by atoms with Crippen LogP contribution >= 0.6 is 23.4 Å². The topological polar surface area (TPSA) is 57.6 Å². The first-order valence-corrected chi connectivity index (χ1v) is 8.41. The van der Waals surface area contributed by atoms with Gasteiger partial charge in [0.05, 0.1) is 17.7 Å². The first-order valence-electron chi connectivity index (χ1n) is 7.15. The van der Waals surface area contributed by atoms with Gasteiger partial charge in [0.25, 0.3) is 0 Å². The second-order valence-corrected chi connectivity index (χ2v) is 7.16. The van der Waals surface area contributed by atoms with Crippen molar-refractivity contribution in [1.29, 1.82) is 0 Å². The standard InChI is InChI=1S/C17H12ClNO3S/c18-9-6-7-12-11(8-9)14(20)13-15(23-12)17(22)19(16(13)21)10-4-2-1-3-5-10/h1-8,13-15,20H/t13-,14+,15+/m1/s1. The molecule has 4 nitrogen and oxygen atoms in total. The maximum absolute atomic E-state index is 12.8. The minimum absolute atomic E-state index is 0.282. The highest BCUT2D eigenvalue weighted by atomic mass is 35.5. The summed E-state index contributed by atoms with van der Waals surface area (Å²) in [4.78, 5) is 27.4. The lowest BCUT2D eigenvalue weighted by Gasteiger charge is -2.28. The molecule has 2 amide bonds. The van der Waals surface area contributed by atoms with Crippen LogP contribution in [0.4, 0.5) is 5.69 Å². The molecule has 116 valence electrons. The number of amides is 2. The van der Waals surface area contributed by atoms with Crippen LogP contribution < -0.4 is 4.90 Å². The number of benzene rings is 2. The zero-order valence-corrected chi connectivity index (χ0v) is 13.4. The average Bonchev–Trinajstić information content (AvgIpc) is 2.80. The number of rotatable bonds is 1. The van der Waals surface area contributed by atoms with Crippen LogP contribution in [0.2, 0.25) is 5.02 Å². The van der Waals surface area contributed by atoms with Crippen LogP contribution in [-0.2, 0) is 9.59 Å². The summed E-state index contributed by atoms with van der Waals surface area (Å²) in [6.45, 7) is 0. The highest BCUT2D eigenvalue weighted by molar-refractivity contribution is 8.00. The van der Waals surface area contributed by atoms with Gasteiger partial charge in [-0.1, -0.05) is 29.8 Å². The molecule has 1 saturated heterocycles. The summed E-state index contributed by atoms with van der Waals surface area (Å²) >= 11 is 7.31. The summed E-state index contributed by atoms with van der Waals surface area (Å²) in [6, 6.07) is 14.0. The number of aliphatic hydroxyl groups is 1. The fraction of sp³-hybridized carbons (Fsp3) is 0.176. The highest BCUT2D eigenvalue weighted by Crippen LogP contribution is 2.49. The van der Waals surface area contributed by atoms with Gasteiger partial charge >= 0.3 is 0 Å². The van der Waals surface area contributed by atoms with Gasteiger partial charge in [-0.25, -0.2) is 4.90 Å². The highest BCUT2D eigenvalue weighted by Gasteiger charge is 2.54. The number of hydrogen-bond donors (Lipinski definition) is 1. The zero-order valence-electron chi connectivity index (χ0n) is 11.8. The van der Waals surface area contributed by atoms with Gasteiger partial charge in [-0.3, -0.25) is 9.59 Å². The molecule has 2 heterocycles. The second kappa shape index (κ2) is 5.37. The predicted octanol–water partition coefficient (Wildman–Crippen LogP) is 3.04. The number of para-hydroxylation sites is 1. The van der Waals surface area contributed by atoms with E-state index in [0.717, 1.165) is 4.90 Å². The number of carbonyl (C=O) groups is 2. The Morgan fingerprint density at radius 2 is 1.78 bits per heavy atom.